The van der Waals surface area contributed by atoms with Crippen molar-refractivity contribution in [1.29, 1.82) is 0 Å². The van der Waals surface area contributed by atoms with Crippen molar-refractivity contribution in [1.82, 2.24) is 0 Å². The minimum absolute atomic E-state index is 0. The molecule has 0 radical (unpaired) electrons. The zero-order valence-corrected chi connectivity index (χ0v) is 27.0. The zero-order chi connectivity index (χ0) is 31.3. The number of benzene rings is 2. The molecule has 1 aromatic heterocycles. The van der Waals surface area contributed by atoms with Gasteiger partial charge in [-0.25, -0.2) is 0 Å². The maximum Gasteiger partial charge on any atom is 2.00 e. The minimum Gasteiger partial charge on any atom is -0.508 e. The number of phenols is 4. The van der Waals surface area contributed by atoms with Gasteiger partial charge in [-0.1, -0.05) is 0 Å². The molecule has 0 bridgehead atoms. The Morgan fingerprint density at radius 1 is 0.750 bits per heavy atom. The zero-order valence-electron chi connectivity index (χ0n) is 23.0. The van der Waals surface area contributed by atoms with Gasteiger partial charge in [0.1, 0.15) is 65.2 Å². The third-order valence-corrected chi connectivity index (χ3v) is 7.29. The van der Waals surface area contributed by atoms with Crippen LogP contribution in [0, 0.1) is 0 Å². The van der Waals surface area contributed by atoms with E-state index in [9.17, 15) is 55.9 Å². The SMILES string of the molecule is CC1OC(OCC2OC(Oc3c(-c4ccc(O)c(O)c4)oc4cc(O)cc(O)c4c3=O)C(O)C(O)C2O)C(O)C(O)C1O.[Cd+2]. The Hall–Kier alpha value is -2.79. The van der Waals surface area contributed by atoms with E-state index in [0.717, 1.165) is 24.3 Å². The fourth-order valence-corrected chi connectivity index (χ4v) is 4.84. The van der Waals surface area contributed by atoms with Crippen LogP contribution in [0.1, 0.15) is 6.92 Å². The Morgan fingerprint density at radius 2 is 1.41 bits per heavy atom. The average Bonchev–Trinajstić information content (AvgIpc) is 2.96. The molecule has 2 aliphatic heterocycles. The van der Waals surface area contributed by atoms with Gasteiger partial charge >= 0.3 is 27.3 Å². The molecule has 2 saturated heterocycles. The molecule has 10 atom stereocenters. The molecule has 3 aromatic rings. The Bertz CT molecular complexity index is 1550. The first-order valence-electron chi connectivity index (χ1n) is 13.0. The van der Waals surface area contributed by atoms with Crippen molar-refractivity contribution in [3.63, 3.8) is 0 Å². The molecule has 2 aromatic carbocycles. The second-order valence-corrected chi connectivity index (χ2v) is 10.3. The summed E-state index contributed by atoms with van der Waals surface area (Å²) in [4.78, 5) is 13.6. The van der Waals surface area contributed by atoms with E-state index in [-0.39, 0.29) is 38.4 Å². The first kappa shape index (κ1) is 34.1. The largest absolute Gasteiger partial charge is 2.00 e. The van der Waals surface area contributed by atoms with E-state index >= 15 is 0 Å². The minimum atomic E-state index is -1.97. The number of aliphatic hydroxyl groups is 6. The maximum atomic E-state index is 13.6. The number of phenolic OH excluding ortho intramolecular Hbond substituents is 4. The Kier molecular flexibility index (Phi) is 10.3. The molecule has 16 nitrogen and oxygen atoms in total. The van der Waals surface area contributed by atoms with Crippen LogP contribution in [0.3, 0.4) is 0 Å². The van der Waals surface area contributed by atoms with E-state index in [1.54, 1.807) is 0 Å². The van der Waals surface area contributed by atoms with Gasteiger partial charge in [-0.05, 0) is 25.1 Å². The van der Waals surface area contributed by atoms with Crippen molar-refractivity contribution >= 4 is 11.0 Å². The smallest absolute Gasteiger partial charge is 0.508 e. The van der Waals surface area contributed by atoms with Crippen LogP contribution in [0.15, 0.2) is 39.5 Å². The Balaban J connectivity index is 0.00000442. The first-order chi connectivity index (χ1) is 20.3. The molecule has 17 heteroatoms. The van der Waals surface area contributed by atoms with Crippen LogP contribution in [0.25, 0.3) is 22.3 Å². The third-order valence-electron chi connectivity index (χ3n) is 7.29. The number of aromatic hydroxyl groups is 4. The van der Waals surface area contributed by atoms with E-state index in [4.69, 9.17) is 23.4 Å². The average molecular weight is 723 g/mol. The topological polar surface area (TPSA) is 269 Å². The molecule has 0 amide bonds. The quantitative estimate of drug-likeness (QED) is 0.100. The van der Waals surface area contributed by atoms with Gasteiger partial charge in [0.05, 0.1) is 12.7 Å². The van der Waals surface area contributed by atoms with Crippen LogP contribution in [-0.2, 0) is 41.5 Å². The standard InChI is InChI=1S/C27H30O16.Cd/c1-8-17(32)20(35)22(37)26(40-8)39-7-15-18(33)21(36)23(38)27(42-15)43-25-19(34)16-13(31)5-10(28)6-14(16)41-24(25)9-2-3-11(29)12(30)4-9;/h2-6,8,15,17-18,20-23,26-33,35-38H,7H2,1H3;/q;+2. The van der Waals surface area contributed by atoms with Gasteiger partial charge in [-0.3, -0.25) is 4.79 Å². The van der Waals surface area contributed by atoms with Gasteiger partial charge < -0.3 is 74.4 Å². The van der Waals surface area contributed by atoms with Gasteiger partial charge in [0.25, 0.3) is 0 Å². The summed E-state index contributed by atoms with van der Waals surface area (Å²) >= 11 is 0. The number of hydrogen-bond donors (Lipinski definition) is 10. The van der Waals surface area contributed by atoms with Crippen molar-refractivity contribution in [2.75, 3.05) is 6.61 Å². The summed E-state index contributed by atoms with van der Waals surface area (Å²) in [5.74, 6) is -3.33. The molecule has 0 saturated carbocycles. The monoisotopic (exact) mass is 724 g/mol. The van der Waals surface area contributed by atoms with Crippen molar-refractivity contribution < 1.29 is 102 Å². The van der Waals surface area contributed by atoms with E-state index < -0.39 is 113 Å². The van der Waals surface area contributed by atoms with E-state index in [1.807, 2.05) is 0 Å². The molecule has 2 aliphatic rings. The molecule has 5 rings (SSSR count). The van der Waals surface area contributed by atoms with Gasteiger partial charge in [0.15, 0.2) is 23.5 Å². The van der Waals surface area contributed by atoms with E-state index in [2.05, 4.69) is 0 Å². The molecule has 10 unspecified atom stereocenters. The van der Waals surface area contributed by atoms with Crippen molar-refractivity contribution in [3.8, 4) is 40.1 Å². The molecular weight excluding hydrogens is 693 g/mol. The molecular formula is C27H30CdO16+2. The first-order valence-corrected chi connectivity index (χ1v) is 13.0. The molecule has 2 fully saturated rings. The van der Waals surface area contributed by atoms with E-state index in [1.165, 1.54) is 13.0 Å². The van der Waals surface area contributed by atoms with Crippen molar-refractivity contribution in [3.05, 3.63) is 40.6 Å². The number of aliphatic hydroxyl groups excluding tert-OH is 6. The normalized spacial score (nSPS) is 32.2. The predicted octanol–water partition coefficient (Wildman–Crippen LogP) is -1.69. The summed E-state index contributed by atoms with van der Waals surface area (Å²) in [7, 11) is 0. The molecule has 10 N–H and O–H groups in total. The van der Waals surface area contributed by atoms with Crippen molar-refractivity contribution in [2.24, 2.45) is 0 Å². The van der Waals surface area contributed by atoms with Crippen LogP contribution in [0.2, 0.25) is 0 Å². The summed E-state index contributed by atoms with van der Waals surface area (Å²) in [6.07, 6.45) is -16.2. The van der Waals surface area contributed by atoms with Gasteiger partial charge in [-0.15, -0.1) is 0 Å². The number of rotatable bonds is 6. The fourth-order valence-electron chi connectivity index (χ4n) is 4.84. The Labute approximate surface area is 267 Å². The number of ether oxygens (including phenoxy) is 4. The summed E-state index contributed by atoms with van der Waals surface area (Å²) in [6.45, 7) is 0.818. The second-order valence-electron chi connectivity index (χ2n) is 10.3. The molecule has 0 spiro atoms. The van der Waals surface area contributed by atoms with Crippen LogP contribution in [-0.4, -0.2) is 119 Å². The molecule has 3 heterocycles. The van der Waals surface area contributed by atoms with Gasteiger partial charge in [0, 0.05) is 17.7 Å². The van der Waals surface area contributed by atoms with Crippen LogP contribution in [0.4, 0.5) is 0 Å². The Morgan fingerprint density at radius 3 is 2.09 bits per heavy atom. The van der Waals surface area contributed by atoms with Crippen LogP contribution in [0.5, 0.6) is 28.7 Å². The van der Waals surface area contributed by atoms with Crippen molar-refractivity contribution in [2.45, 2.75) is 68.3 Å². The van der Waals surface area contributed by atoms with Crippen LogP contribution < -0.4 is 10.2 Å². The van der Waals surface area contributed by atoms with Gasteiger partial charge in [-0.2, -0.15) is 0 Å². The molecule has 44 heavy (non-hydrogen) atoms. The maximum absolute atomic E-state index is 13.6. The van der Waals surface area contributed by atoms with Gasteiger partial charge in [0.2, 0.25) is 17.5 Å². The predicted molar refractivity (Wildman–Crippen MR) is 140 cm³/mol. The summed E-state index contributed by atoms with van der Waals surface area (Å²) < 4.78 is 27.8. The summed E-state index contributed by atoms with van der Waals surface area (Å²) in [5.41, 5.74) is -1.35. The molecule has 0 aliphatic carbocycles. The third kappa shape index (κ3) is 6.32. The summed E-state index contributed by atoms with van der Waals surface area (Å²) in [5, 5.41) is 101. The summed E-state index contributed by atoms with van der Waals surface area (Å²) in [6, 6.07) is 5.24. The number of fused-ring (bicyclic) bond motifs is 1. The van der Waals surface area contributed by atoms with Crippen LogP contribution >= 0.6 is 0 Å². The van der Waals surface area contributed by atoms with E-state index in [0.29, 0.717) is 0 Å². The second kappa shape index (κ2) is 13.3. The fraction of sp³-hybridized carbons (Fsp3) is 0.444. The molecule has 234 valence electrons. The number of hydrogen-bond acceptors (Lipinski definition) is 16.